The average Bonchev–Trinajstić information content (AvgIpc) is 2.74. The van der Waals surface area contributed by atoms with Crippen molar-refractivity contribution >= 4 is 11.9 Å². The molecule has 0 aliphatic rings. The summed E-state index contributed by atoms with van der Waals surface area (Å²) in [5, 5.41) is 13.3. The third-order valence-electron chi connectivity index (χ3n) is 4.21. The number of hydrogen-bond donors (Lipinski definition) is 2. The molecule has 0 amide bonds. The number of benzene rings is 1. The highest BCUT2D eigenvalue weighted by Gasteiger charge is 2.18. The predicted molar refractivity (Wildman–Crippen MR) is 114 cm³/mol. The normalized spacial score (nSPS) is 12.0. The Labute approximate surface area is 173 Å². The number of nitrogens with zero attached hydrogens (tertiary/aromatic N) is 4. The number of nitrogens with one attached hydrogen (secondary N) is 1. The van der Waals surface area contributed by atoms with Crippen molar-refractivity contribution in [2.45, 2.75) is 52.7 Å². The fourth-order valence-corrected chi connectivity index (χ4v) is 2.46. The van der Waals surface area contributed by atoms with E-state index in [4.69, 9.17) is 9.47 Å². The zero-order chi connectivity index (χ0) is 20.9. The minimum atomic E-state index is -0.809. The Morgan fingerprint density at radius 3 is 2.34 bits per heavy atom. The van der Waals surface area contributed by atoms with Crippen LogP contribution in [0.5, 0.6) is 0 Å². The Balaban J connectivity index is 2.22. The SMILES string of the molecule is CCCCOCNc1nc(-c2ccccc2)nc(N(COCCCC)C(C)O)n1. The molecule has 0 saturated heterocycles. The van der Waals surface area contributed by atoms with Gasteiger partial charge in [-0.1, -0.05) is 57.0 Å². The molecule has 0 aliphatic heterocycles. The first kappa shape index (κ1) is 23.0. The molecule has 1 unspecified atom stereocenters. The van der Waals surface area contributed by atoms with Crippen LogP contribution in [0.4, 0.5) is 11.9 Å². The number of ether oxygens (including phenoxy) is 2. The summed E-state index contributed by atoms with van der Waals surface area (Å²) in [5.74, 6) is 1.26. The predicted octanol–water partition coefficient (Wildman–Crippen LogP) is 3.64. The molecule has 0 radical (unpaired) electrons. The first-order valence-electron chi connectivity index (χ1n) is 10.3. The van der Waals surface area contributed by atoms with Gasteiger partial charge in [0.1, 0.15) is 19.7 Å². The second-order valence-corrected chi connectivity index (χ2v) is 6.72. The van der Waals surface area contributed by atoms with Crippen molar-refractivity contribution in [2.75, 3.05) is 36.9 Å². The summed E-state index contributed by atoms with van der Waals surface area (Å²) in [4.78, 5) is 15.1. The molecule has 0 fully saturated rings. The first-order valence-corrected chi connectivity index (χ1v) is 10.3. The number of aromatic nitrogens is 3. The molecule has 0 bridgehead atoms. The Hall–Kier alpha value is -2.29. The van der Waals surface area contributed by atoms with Crippen LogP contribution in [0.15, 0.2) is 30.3 Å². The van der Waals surface area contributed by atoms with Gasteiger partial charge in [-0.05, 0) is 19.8 Å². The fraction of sp³-hybridized carbons (Fsp3) is 0.571. The van der Waals surface area contributed by atoms with Gasteiger partial charge in [-0.15, -0.1) is 0 Å². The van der Waals surface area contributed by atoms with E-state index in [0.717, 1.165) is 31.2 Å². The molecule has 1 aromatic carbocycles. The van der Waals surface area contributed by atoms with Crippen molar-refractivity contribution in [2.24, 2.45) is 0 Å². The van der Waals surface area contributed by atoms with E-state index in [-0.39, 0.29) is 6.73 Å². The van der Waals surface area contributed by atoms with E-state index in [1.807, 2.05) is 30.3 Å². The zero-order valence-corrected chi connectivity index (χ0v) is 17.7. The third kappa shape index (κ3) is 7.92. The molecule has 2 rings (SSSR count). The summed E-state index contributed by atoms with van der Waals surface area (Å²) in [6.07, 6.45) is 3.28. The van der Waals surface area contributed by atoms with Crippen molar-refractivity contribution in [3.05, 3.63) is 30.3 Å². The molecule has 160 valence electrons. The van der Waals surface area contributed by atoms with Crippen LogP contribution >= 0.6 is 0 Å². The van der Waals surface area contributed by atoms with Crippen LogP contribution in [0.25, 0.3) is 11.4 Å². The number of unbranched alkanes of at least 4 members (excludes halogenated alkanes) is 2. The van der Waals surface area contributed by atoms with Crippen molar-refractivity contribution in [3.63, 3.8) is 0 Å². The van der Waals surface area contributed by atoms with Gasteiger partial charge in [0, 0.05) is 18.8 Å². The first-order chi connectivity index (χ1) is 14.2. The van der Waals surface area contributed by atoms with Gasteiger partial charge in [-0.2, -0.15) is 15.0 Å². The summed E-state index contributed by atoms with van der Waals surface area (Å²) >= 11 is 0. The van der Waals surface area contributed by atoms with Gasteiger partial charge in [0.15, 0.2) is 5.82 Å². The molecule has 0 saturated carbocycles. The van der Waals surface area contributed by atoms with E-state index >= 15 is 0 Å². The molecule has 0 spiro atoms. The van der Waals surface area contributed by atoms with Crippen LogP contribution in [0.2, 0.25) is 0 Å². The summed E-state index contributed by atoms with van der Waals surface area (Å²) in [7, 11) is 0. The highest BCUT2D eigenvalue weighted by Crippen LogP contribution is 2.20. The molecule has 0 aliphatic carbocycles. The van der Waals surface area contributed by atoms with E-state index in [1.54, 1.807) is 11.8 Å². The number of anilines is 2. The molecule has 8 nitrogen and oxygen atoms in total. The maximum absolute atomic E-state index is 10.2. The van der Waals surface area contributed by atoms with E-state index in [2.05, 4.69) is 34.1 Å². The Morgan fingerprint density at radius 2 is 1.69 bits per heavy atom. The summed E-state index contributed by atoms with van der Waals surface area (Å²) in [6.45, 7) is 7.69. The molecule has 8 heteroatoms. The Morgan fingerprint density at radius 1 is 1.00 bits per heavy atom. The van der Waals surface area contributed by atoms with Crippen molar-refractivity contribution in [3.8, 4) is 11.4 Å². The fourth-order valence-electron chi connectivity index (χ4n) is 2.46. The largest absolute Gasteiger partial charge is 0.374 e. The molecular formula is C21H33N5O3. The molecule has 29 heavy (non-hydrogen) atoms. The Kier molecular flexibility index (Phi) is 10.3. The van der Waals surface area contributed by atoms with Crippen molar-refractivity contribution in [1.29, 1.82) is 0 Å². The average molecular weight is 404 g/mol. The summed E-state index contributed by atoms with van der Waals surface area (Å²) in [6, 6.07) is 9.67. The minimum Gasteiger partial charge on any atom is -0.374 e. The van der Waals surface area contributed by atoms with Crippen LogP contribution in [0, 0.1) is 0 Å². The lowest BCUT2D eigenvalue weighted by molar-refractivity contribution is 0.0885. The maximum atomic E-state index is 10.2. The molecule has 2 aromatic rings. The van der Waals surface area contributed by atoms with Gasteiger partial charge in [0.2, 0.25) is 11.9 Å². The third-order valence-corrected chi connectivity index (χ3v) is 4.21. The highest BCUT2D eigenvalue weighted by molar-refractivity contribution is 5.58. The van der Waals surface area contributed by atoms with E-state index in [0.29, 0.717) is 37.7 Å². The van der Waals surface area contributed by atoms with Crippen LogP contribution < -0.4 is 10.2 Å². The molecule has 1 aromatic heterocycles. The maximum Gasteiger partial charge on any atom is 0.234 e. The standard InChI is InChI=1S/C21H33N5O3/c1-4-6-13-28-15-22-20-23-19(18-11-9-8-10-12-18)24-21(25-20)26(17(3)27)16-29-14-7-5-2/h8-12,17,27H,4-7,13-16H2,1-3H3,(H,22,23,24,25). The van der Waals surface area contributed by atoms with Gasteiger partial charge in [-0.25, -0.2) is 0 Å². The lowest BCUT2D eigenvalue weighted by atomic mass is 10.2. The smallest absolute Gasteiger partial charge is 0.234 e. The monoisotopic (exact) mass is 403 g/mol. The van der Waals surface area contributed by atoms with Crippen molar-refractivity contribution in [1.82, 2.24) is 15.0 Å². The summed E-state index contributed by atoms with van der Waals surface area (Å²) < 4.78 is 11.2. The lowest BCUT2D eigenvalue weighted by Gasteiger charge is -2.25. The van der Waals surface area contributed by atoms with E-state index < -0.39 is 6.23 Å². The lowest BCUT2D eigenvalue weighted by Crippen LogP contribution is -2.37. The number of hydrogen-bond acceptors (Lipinski definition) is 8. The van der Waals surface area contributed by atoms with Gasteiger partial charge in [-0.3, -0.25) is 4.90 Å². The van der Waals surface area contributed by atoms with E-state index in [1.165, 1.54) is 0 Å². The summed E-state index contributed by atoms with van der Waals surface area (Å²) in [5.41, 5.74) is 0.864. The highest BCUT2D eigenvalue weighted by atomic mass is 16.5. The zero-order valence-electron chi connectivity index (χ0n) is 17.7. The molecule has 2 N–H and O–H groups in total. The topological polar surface area (TPSA) is 92.6 Å². The number of rotatable bonds is 14. The number of aliphatic hydroxyl groups is 1. The number of aliphatic hydroxyl groups excluding tert-OH is 1. The van der Waals surface area contributed by atoms with E-state index in [9.17, 15) is 5.11 Å². The van der Waals surface area contributed by atoms with Gasteiger partial charge >= 0.3 is 0 Å². The quantitative estimate of drug-likeness (QED) is 0.365. The molecule has 1 atom stereocenters. The van der Waals surface area contributed by atoms with Crippen molar-refractivity contribution < 1.29 is 14.6 Å². The van der Waals surface area contributed by atoms with Gasteiger partial charge in [0.25, 0.3) is 0 Å². The van der Waals surface area contributed by atoms with Crippen LogP contribution in [-0.4, -0.2) is 53.0 Å². The molecular weight excluding hydrogens is 370 g/mol. The molecule has 1 heterocycles. The van der Waals surface area contributed by atoms with Crippen LogP contribution in [0.1, 0.15) is 46.5 Å². The Bertz CT molecular complexity index is 700. The second-order valence-electron chi connectivity index (χ2n) is 6.72. The van der Waals surface area contributed by atoms with Crippen LogP contribution in [0.3, 0.4) is 0 Å². The second kappa shape index (κ2) is 13.0. The minimum absolute atomic E-state index is 0.197. The van der Waals surface area contributed by atoms with Gasteiger partial charge < -0.3 is 19.9 Å². The van der Waals surface area contributed by atoms with Gasteiger partial charge in [0.05, 0.1) is 0 Å². The van der Waals surface area contributed by atoms with Crippen LogP contribution in [-0.2, 0) is 9.47 Å².